The van der Waals surface area contributed by atoms with Gasteiger partial charge in [-0.05, 0) is 62.6 Å². The SMILES string of the molecule is CCN(CC)CC(=O)N1C[C@@H](c2ccc(OC)cc2)[C@@H]2[C@H]1C1CCN2CC1. The molecule has 0 aromatic heterocycles. The van der Waals surface area contributed by atoms with Crippen LogP contribution >= 0.6 is 0 Å². The van der Waals surface area contributed by atoms with Gasteiger partial charge < -0.3 is 9.64 Å². The summed E-state index contributed by atoms with van der Waals surface area (Å²) in [5.74, 6) is 2.29. The van der Waals surface area contributed by atoms with Crippen molar-refractivity contribution in [2.24, 2.45) is 5.92 Å². The molecule has 4 aliphatic heterocycles. The van der Waals surface area contributed by atoms with Gasteiger partial charge in [-0.1, -0.05) is 26.0 Å². The molecule has 4 heterocycles. The average Bonchev–Trinajstić information content (AvgIpc) is 3.16. The van der Waals surface area contributed by atoms with E-state index < -0.39 is 0 Å². The first-order valence-corrected chi connectivity index (χ1v) is 10.6. The second-order valence-electron chi connectivity index (χ2n) is 8.24. The Kier molecular flexibility index (Phi) is 5.42. The van der Waals surface area contributed by atoms with Crippen LogP contribution in [0.4, 0.5) is 0 Å². The molecule has 4 aliphatic rings. The van der Waals surface area contributed by atoms with Crippen molar-refractivity contribution >= 4 is 5.91 Å². The molecule has 0 saturated carbocycles. The predicted octanol–water partition coefficient (Wildman–Crippen LogP) is 2.43. The summed E-state index contributed by atoms with van der Waals surface area (Å²) in [6.07, 6.45) is 2.48. The number of fused-ring (bicyclic) bond motifs is 2. The summed E-state index contributed by atoms with van der Waals surface area (Å²) in [7, 11) is 1.71. The fourth-order valence-electron chi connectivity index (χ4n) is 5.58. The van der Waals surface area contributed by atoms with Gasteiger partial charge in [-0.2, -0.15) is 0 Å². The molecule has 5 heteroatoms. The highest BCUT2D eigenvalue weighted by Crippen LogP contribution is 2.46. The first-order valence-electron chi connectivity index (χ1n) is 10.6. The number of carbonyl (C=O) groups excluding carboxylic acids is 1. The van der Waals surface area contributed by atoms with Crippen LogP contribution in [0.25, 0.3) is 0 Å². The van der Waals surface area contributed by atoms with Crippen LogP contribution in [0.2, 0.25) is 0 Å². The average molecular weight is 372 g/mol. The van der Waals surface area contributed by atoms with Crippen molar-refractivity contribution in [1.29, 1.82) is 0 Å². The molecule has 0 N–H and O–H groups in total. The zero-order valence-electron chi connectivity index (χ0n) is 16.9. The second-order valence-corrected chi connectivity index (χ2v) is 8.24. The molecular weight excluding hydrogens is 338 g/mol. The van der Waals surface area contributed by atoms with Gasteiger partial charge in [0.1, 0.15) is 5.75 Å². The Balaban J connectivity index is 1.60. The molecule has 1 aromatic rings. The van der Waals surface area contributed by atoms with E-state index in [1.165, 1.54) is 31.5 Å². The largest absolute Gasteiger partial charge is 0.497 e. The summed E-state index contributed by atoms with van der Waals surface area (Å²) in [5, 5.41) is 0. The molecule has 0 aliphatic carbocycles. The van der Waals surface area contributed by atoms with Crippen LogP contribution in [0.5, 0.6) is 5.75 Å². The Bertz CT molecular complexity index is 650. The van der Waals surface area contributed by atoms with Crippen LogP contribution in [0.1, 0.15) is 38.2 Å². The van der Waals surface area contributed by atoms with E-state index in [-0.39, 0.29) is 0 Å². The highest BCUT2D eigenvalue weighted by molar-refractivity contribution is 5.79. The molecular formula is C22H33N3O2. The number of hydrogen-bond acceptors (Lipinski definition) is 4. The minimum atomic E-state index is 0.318. The van der Waals surface area contributed by atoms with Crippen molar-refractivity contribution in [3.05, 3.63) is 29.8 Å². The van der Waals surface area contributed by atoms with E-state index in [2.05, 4.69) is 52.8 Å². The zero-order valence-corrected chi connectivity index (χ0v) is 16.9. The summed E-state index contributed by atoms with van der Waals surface area (Å²) < 4.78 is 5.34. The molecule has 2 bridgehead atoms. The van der Waals surface area contributed by atoms with E-state index >= 15 is 0 Å². The smallest absolute Gasteiger partial charge is 0.237 e. The van der Waals surface area contributed by atoms with Gasteiger partial charge in [0.2, 0.25) is 5.91 Å². The fourth-order valence-corrected chi connectivity index (χ4v) is 5.58. The maximum Gasteiger partial charge on any atom is 0.237 e. The van der Waals surface area contributed by atoms with Crippen molar-refractivity contribution in [3.8, 4) is 5.75 Å². The Morgan fingerprint density at radius 3 is 2.37 bits per heavy atom. The molecule has 4 saturated heterocycles. The van der Waals surface area contributed by atoms with Crippen molar-refractivity contribution in [1.82, 2.24) is 14.7 Å². The minimum Gasteiger partial charge on any atom is -0.497 e. The number of nitrogens with zero attached hydrogens (tertiary/aromatic N) is 3. The first kappa shape index (κ1) is 18.8. The number of rotatable bonds is 6. The fraction of sp³-hybridized carbons (Fsp3) is 0.682. The number of likely N-dealkylation sites (N-methyl/N-ethyl adjacent to an activating group) is 1. The van der Waals surface area contributed by atoms with Crippen LogP contribution < -0.4 is 4.74 Å². The highest BCUT2D eigenvalue weighted by atomic mass is 16.5. The summed E-state index contributed by atoms with van der Waals surface area (Å²) in [5.41, 5.74) is 1.34. The summed E-state index contributed by atoms with van der Waals surface area (Å²) in [4.78, 5) is 20.4. The standard InChI is InChI=1S/C22H33N3O2/c1-4-23(5-2)15-20(26)25-14-19(16-6-8-18(27-3)9-7-16)22-21(25)17-10-12-24(22)13-11-17/h6-9,17,19,21-22H,4-5,10-15H2,1-3H3/t19-,21+,22+/m0/s1. The second kappa shape index (κ2) is 7.80. The molecule has 27 heavy (non-hydrogen) atoms. The number of likely N-dealkylation sites (tertiary alicyclic amines) is 1. The molecule has 4 fully saturated rings. The molecule has 3 atom stereocenters. The lowest BCUT2D eigenvalue weighted by Crippen LogP contribution is -2.61. The molecule has 1 amide bonds. The highest BCUT2D eigenvalue weighted by Gasteiger charge is 2.54. The molecule has 5 rings (SSSR count). The first-order chi connectivity index (χ1) is 13.2. The minimum absolute atomic E-state index is 0.318. The van der Waals surface area contributed by atoms with Gasteiger partial charge >= 0.3 is 0 Å². The van der Waals surface area contributed by atoms with E-state index in [1.807, 2.05) is 0 Å². The molecule has 5 nitrogen and oxygen atoms in total. The molecule has 1 aromatic carbocycles. The van der Waals surface area contributed by atoms with E-state index in [0.717, 1.165) is 25.4 Å². The lowest BCUT2D eigenvalue weighted by atomic mass is 9.75. The van der Waals surface area contributed by atoms with Gasteiger partial charge in [0.15, 0.2) is 0 Å². The van der Waals surface area contributed by atoms with Crippen LogP contribution in [0.3, 0.4) is 0 Å². The van der Waals surface area contributed by atoms with Gasteiger partial charge in [-0.25, -0.2) is 0 Å². The normalized spacial score (nSPS) is 32.0. The van der Waals surface area contributed by atoms with Gasteiger partial charge in [-0.3, -0.25) is 14.6 Å². The third-order valence-electron chi connectivity index (χ3n) is 7.11. The number of methoxy groups -OCH3 is 1. The van der Waals surface area contributed by atoms with E-state index in [1.54, 1.807) is 7.11 Å². The van der Waals surface area contributed by atoms with Gasteiger partial charge in [0, 0.05) is 18.5 Å². The van der Waals surface area contributed by atoms with Crippen LogP contribution in [0, 0.1) is 5.92 Å². The van der Waals surface area contributed by atoms with Crippen molar-refractivity contribution in [2.45, 2.75) is 44.7 Å². The number of piperidine rings is 3. The summed E-state index contributed by atoms with van der Waals surface area (Å²) in [6.45, 7) is 9.93. The zero-order chi connectivity index (χ0) is 19.0. The topological polar surface area (TPSA) is 36.0 Å². The number of benzene rings is 1. The Morgan fingerprint density at radius 1 is 1.11 bits per heavy atom. The third kappa shape index (κ3) is 3.36. The number of carbonyl (C=O) groups is 1. The Labute approximate surface area is 163 Å². The lowest BCUT2D eigenvalue weighted by molar-refractivity contribution is -0.137. The molecule has 0 spiro atoms. The van der Waals surface area contributed by atoms with E-state index in [9.17, 15) is 4.79 Å². The van der Waals surface area contributed by atoms with Crippen LogP contribution in [-0.2, 0) is 4.79 Å². The van der Waals surface area contributed by atoms with Gasteiger partial charge in [0.05, 0.1) is 19.7 Å². The monoisotopic (exact) mass is 371 g/mol. The van der Waals surface area contributed by atoms with Crippen molar-refractivity contribution in [3.63, 3.8) is 0 Å². The quantitative estimate of drug-likeness (QED) is 0.770. The number of amides is 1. The summed E-state index contributed by atoms with van der Waals surface area (Å²) in [6, 6.07) is 9.38. The van der Waals surface area contributed by atoms with Crippen molar-refractivity contribution < 1.29 is 9.53 Å². The van der Waals surface area contributed by atoms with Crippen LogP contribution in [0.15, 0.2) is 24.3 Å². The third-order valence-corrected chi connectivity index (χ3v) is 7.11. The van der Waals surface area contributed by atoms with E-state index in [0.29, 0.717) is 36.4 Å². The predicted molar refractivity (Wildman–Crippen MR) is 107 cm³/mol. The van der Waals surface area contributed by atoms with Gasteiger partial charge in [0.25, 0.3) is 0 Å². The molecule has 148 valence electrons. The van der Waals surface area contributed by atoms with Gasteiger partial charge in [-0.15, -0.1) is 0 Å². The number of ether oxygens (including phenoxy) is 1. The Hall–Kier alpha value is -1.59. The van der Waals surface area contributed by atoms with E-state index in [4.69, 9.17) is 4.74 Å². The summed E-state index contributed by atoms with van der Waals surface area (Å²) >= 11 is 0. The maximum absolute atomic E-state index is 13.2. The Morgan fingerprint density at radius 2 is 1.78 bits per heavy atom. The lowest BCUT2D eigenvalue weighted by Gasteiger charge is -2.51. The molecule has 0 radical (unpaired) electrons. The molecule has 0 unspecified atom stereocenters. The maximum atomic E-state index is 13.2. The number of hydrogen-bond donors (Lipinski definition) is 0. The van der Waals surface area contributed by atoms with Crippen LogP contribution in [-0.4, -0.2) is 79.1 Å². The van der Waals surface area contributed by atoms with Crippen molar-refractivity contribution in [2.75, 3.05) is 46.4 Å².